The molecule has 0 unspecified atom stereocenters. The minimum atomic E-state index is -0.125. The zero-order valence-electron chi connectivity index (χ0n) is 7.91. The number of benzene rings is 1. The van der Waals surface area contributed by atoms with E-state index in [4.69, 9.17) is 7.80 Å². The van der Waals surface area contributed by atoms with Crippen LogP contribution >= 0.6 is 23.0 Å². The first-order valence-electron chi connectivity index (χ1n) is 4.80. The van der Waals surface area contributed by atoms with E-state index in [-0.39, 0.29) is 5.60 Å². The van der Waals surface area contributed by atoms with E-state index in [9.17, 15) is 0 Å². The molecular formula is C11H13IO2. The van der Waals surface area contributed by atoms with E-state index in [0.29, 0.717) is 0 Å². The fraction of sp³-hybridized carbons (Fsp3) is 0.455. The van der Waals surface area contributed by atoms with Crippen molar-refractivity contribution in [1.29, 1.82) is 0 Å². The summed E-state index contributed by atoms with van der Waals surface area (Å²) in [6, 6.07) is 10.4. The maximum atomic E-state index is 5.65. The Bertz CT molecular complexity index is 281. The van der Waals surface area contributed by atoms with E-state index >= 15 is 0 Å². The molecular weight excluding hydrogens is 291 g/mol. The molecule has 0 spiro atoms. The Morgan fingerprint density at radius 2 is 1.79 bits per heavy atom. The van der Waals surface area contributed by atoms with Crippen LogP contribution in [0.2, 0.25) is 0 Å². The van der Waals surface area contributed by atoms with Gasteiger partial charge in [0.1, 0.15) is 28.6 Å². The van der Waals surface area contributed by atoms with Crippen molar-refractivity contribution in [2.75, 3.05) is 13.2 Å². The van der Waals surface area contributed by atoms with E-state index in [1.165, 1.54) is 5.56 Å². The molecule has 1 heterocycles. The zero-order chi connectivity index (χ0) is 9.86. The Morgan fingerprint density at radius 3 is 2.36 bits per heavy atom. The van der Waals surface area contributed by atoms with Gasteiger partial charge in [0, 0.05) is 26.1 Å². The number of ether oxygens (including phenoxy) is 1. The number of halogens is 1. The van der Waals surface area contributed by atoms with Crippen LogP contribution in [-0.2, 0) is 13.4 Å². The minimum Gasteiger partial charge on any atom is -0.381 e. The van der Waals surface area contributed by atoms with Crippen LogP contribution in [0.15, 0.2) is 30.3 Å². The molecule has 0 saturated carbocycles. The second-order valence-electron chi connectivity index (χ2n) is 3.55. The maximum Gasteiger partial charge on any atom is 0.110 e. The molecule has 0 atom stereocenters. The van der Waals surface area contributed by atoms with Gasteiger partial charge in [0.15, 0.2) is 0 Å². The van der Waals surface area contributed by atoms with Gasteiger partial charge in [0.2, 0.25) is 0 Å². The van der Waals surface area contributed by atoms with Gasteiger partial charge >= 0.3 is 0 Å². The van der Waals surface area contributed by atoms with Crippen molar-refractivity contribution in [3.63, 3.8) is 0 Å². The van der Waals surface area contributed by atoms with E-state index < -0.39 is 0 Å². The lowest BCUT2D eigenvalue weighted by molar-refractivity contribution is -0.0262. The fourth-order valence-electron chi connectivity index (χ4n) is 1.85. The molecule has 0 bridgehead atoms. The van der Waals surface area contributed by atoms with Crippen LogP contribution in [0.25, 0.3) is 0 Å². The Balaban J connectivity index is 2.27. The van der Waals surface area contributed by atoms with Crippen molar-refractivity contribution in [2.45, 2.75) is 18.4 Å². The molecule has 1 aromatic carbocycles. The maximum absolute atomic E-state index is 5.65. The first-order chi connectivity index (χ1) is 6.87. The van der Waals surface area contributed by atoms with Crippen molar-refractivity contribution in [2.24, 2.45) is 0 Å². The van der Waals surface area contributed by atoms with Gasteiger partial charge in [-0.25, -0.2) is 0 Å². The quantitative estimate of drug-likeness (QED) is 0.782. The highest BCUT2D eigenvalue weighted by Gasteiger charge is 2.34. The molecule has 1 aliphatic rings. The molecule has 14 heavy (non-hydrogen) atoms. The topological polar surface area (TPSA) is 18.5 Å². The number of hydrogen-bond donors (Lipinski definition) is 0. The summed E-state index contributed by atoms with van der Waals surface area (Å²) in [5.74, 6) is 0. The molecule has 1 saturated heterocycles. The normalized spacial score (nSPS) is 20.6. The Kier molecular flexibility index (Phi) is 3.41. The van der Waals surface area contributed by atoms with Crippen LogP contribution in [0.5, 0.6) is 0 Å². The molecule has 0 aromatic heterocycles. The average molecular weight is 304 g/mol. The fourth-order valence-corrected chi connectivity index (χ4v) is 2.55. The smallest absolute Gasteiger partial charge is 0.110 e. The first kappa shape index (κ1) is 10.4. The van der Waals surface area contributed by atoms with E-state index in [1.807, 2.05) is 29.1 Å². The van der Waals surface area contributed by atoms with Crippen molar-refractivity contribution in [3.8, 4) is 0 Å². The second kappa shape index (κ2) is 4.59. The van der Waals surface area contributed by atoms with Crippen LogP contribution in [0.4, 0.5) is 0 Å². The highest BCUT2D eigenvalue weighted by atomic mass is 127. The number of hydrogen-bond acceptors (Lipinski definition) is 2. The molecule has 2 rings (SSSR count). The van der Waals surface area contributed by atoms with Crippen LogP contribution in [0, 0.1) is 0 Å². The SMILES string of the molecule is IOC1(c2ccccc2)CCOCC1. The molecule has 3 heteroatoms. The van der Waals surface area contributed by atoms with Gasteiger partial charge in [0.25, 0.3) is 0 Å². The van der Waals surface area contributed by atoms with Crippen LogP contribution < -0.4 is 0 Å². The van der Waals surface area contributed by atoms with Crippen molar-refractivity contribution < 1.29 is 7.80 Å². The Morgan fingerprint density at radius 1 is 1.14 bits per heavy atom. The molecule has 0 N–H and O–H groups in total. The van der Waals surface area contributed by atoms with Gasteiger partial charge in [-0.3, -0.25) is 0 Å². The van der Waals surface area contributed by atoms with Gasteiger partial charge in [-0.05, 0) is 5.56 Å². The summed E-state index contributed by atoms with van der Waals surface area (Å²) in [6.45, 7) is 1.58. The van der Waals surface area contributed by atoms with E-state index in [0.717, 1.165) is 26.1 Å². The summed E-state index contributed by atoms with van der Waals surface area (Å²) in [5.41, 5.74) is 1.14. The lowest BCUT2D eigenvalue weighted by Gasteiger charge is -2.34. The third-order valence-electron chi connectivity index (χ3n) is 2.75. The first-order valence-corrected chi connectivity index (χ1v) is 5.68. The third-order valence-corrected chi connectivity index (χ3v) is 3.59. The van der Waals surface area contributed by atoms with Gasteiger partial charge in [0.05, 0.1) is 0 Å². The molecule has 1 aliphatic heterocycles. The second-order valence-corrected chi connectivity index (χ2v) is 3.99. The van der Waals surface area contributed by atoms with Crippen molar-refractivity contribution in [1.82, 2.24) is 0 Å². The summed E-state index contributed by atoms with van der Waals surface area (Å²) < 4.78 is 11.0. The summed E-state index contributed by atoms with van der Waals surface area (Å²) in [4.78, 5) is 0. The predicted molar refractivity (Wildman–Crippen MR) is 63.3 cm³/mol. The highest BCUT2D eigenvalue weighted by molar-refractivity contribution is 14.1. The lowest BCUT2D eigenvalue weighted by Crippen LogP contribution is -2.34. The largest absolute Gasteiger partial charge is 0.381 e. The summed E-state index contributed by atoms with van der Waals surface area (Å²) in [6.07, 6.45) is 1.89. The number of rotatable bonds is 2. The molecule has 0 radical (unpaired) electrons. The molecule has 0 amide bonds. The van der Waals surface area contributed by atoms with E-state index in [1.54, 1.807) is 0 Å². The third kappa shape index (κ3) is 1.94. The van der Waals surface area contributed by atoms with Gasteiger partial charge in [-0.15, -0.1) is 0 Å². The van der Waals surface area contributed by atoms with Crippen LogP contribution in [0.1, 0.15) is 18.4 Å². The van der Waals surface area contributed by atoms with E-state index in [2.05, 4.69) is 24.3 Å². The lowest BCUT2D eigenvalue weighted by atomic mass is 9.87. The minimum absolute atomic E-state index is 0.125. The average Bonchev–Trinajstić information content (AvgIpc) is 2.31. The van der Waals surface area contributed by atoms with Crippen LogP contribution in [0.3, 0.4) is 0 Å². The summed E-state index contributed by atoms with van der Waals surface area (Å²) in [5, 5.41) is 0. The molecule has 1 fully saturated rings. The van der Waals surface area contributed by atoms with Crippen LogP contribution in [-0.4, -0.2) is 13.2 Å². The standard InChI is InChI=1S/C11H13IO2/c12-14-11(6-8-13-9-7-11)10-4-2-1-3-5-10/h1-5H,6-9H2. The van der Waals surface area contributed by atoms with Gasteiger partial charge < -0.3 is 7.80 Å². The summed E-state index contributed by atoms with van der Waals surface area (Å²) in [7, 11) is 0. The molecule has 76 valence electrons. The highest BCUT2D eigenvalue weighted by Crippen LogP contribution is 2.37. The Hall–Kier alpha value is -0.130. The van der Waals surface area contributed by atoms with Gasteiger partial charge in [-0.2, -0.15) is 0 Å². The Labute approximate surface area is 98.3 Å². The predicted octanol–water partition coefficient (Wildman–Crippen LogP) is 3.06. The van der Waals surface area contributed by atoms with Crippen molar-refractivity contribution >= 4 is 23.0 Å². The molecule has 0 aliphatic carbocycles. The monoisotopic (exact) mass is 304 g/mol. The zero-order valence-corrected chi connectivity index (χ0v) is 10.1. The molecule has 1 aromatic rings. The van der Waals surface area contributed by atoms with Crippen molar-refractivity contribution in [3.05, 3.63) is 35.9 Å². The molecule has 2 nitrogen and oxygen atoms in total. The van der Waals surface area contributed by atoms with Gasteiger partial charge in [-0.1, -0.05) is 30.3 Å². The summed E-state index contributed by atoms with van der Waals surface area (Å²) >= 11 is 2.01.